The predicted octanol–water partition coefficient (Wildman–Crippen LogP) is 0.426. The van der Waals surface area contributed by atoms with Gasteiger partial charge in [0.05, 0.1) is 6.10 Å². The molecule has 0 aliphatic carbocycles. The van der Waals surface area contributed by atoms with Crippen LogP contribution in [0.5, 0.6) is 0 Å². The summed E-state index contributed by atoms with van der Waals surface area (Å²) in [4.78, 5) is 22.7. The molecule has 5 nitrogen and oxygen atoms in total. The van der Waals surface area contributed by atoms with Crippen LogP contribution in [0, 0.1) is 5.41 Å². The third kappa shape index (κ3) is 8.68. The van der Waals surface area contributed by atoms with E-state index in [4.69, 9.17) is 5.11 Å². The zero-order valence-electron chi connectivity index (χ0n) is 11.2. The van der Waals surface area contributed by atoms with Crippen LogP contribution in [0.25, 0.3) is 0 Å². The molecule has 0 unspecified atom stereocenters. The molecule has 3 N–H and O–H groups in total. The highest BCUT2D eigenvalue weighted by atomic mass is 16.3. The van der Waals surface area contributed by atoms with Crippen molar-refractivity contribution in [3.63, 3.8) is 0 Å². The van der Waals surface area contributed by atoms with Crippen LogP contribution in [-0.2, 0) is 9.59 Å². The molecule has 5 heteroatoms. The van der Waals surface area contributed by atoms with Crippen LogP contribution in [0.15, 0.2) is 0 Å². The molecule has 100 valence electrons. The number of hydrogen-bond acceptors (Lipinski definition) is 3. The Bertz CT molecular complexity index is 257. The molecule has 0 aromatic heterocycles. The summed E-state index contributed by atoms with van der Waals surface area (Å²) in [5.41, 5.74) is -0.394. The number of amides is 2. The largest absolute Gasteiger partial charge is 0.392 e. The molecule has 0 bridgehead atoms. The van der Waals surface area contributed by atoms with Gasteiger partial charge >= 0.3 is 0 Å². The third-order valence-electron chi connectivity index (χ3n) is 2.14. The predicted molar refractivity (Wildman–Crippen MR) is 66.4 cm³/mol. The number of aliphatic hydroxyl groups excluding tert-OH is 1. The summed E-state index contributed by atoms with van der Waals surface area (Å²) in [6, 6.07) is 0. The minimum Gasteiger partial charge on any atom is -0.392 e. The summed E-state index contributed by atoms with van der Waals surface area (Å²) in [5.74, 6) is -0.113. The summed E-state index contributed by atoms with van der Waals surface area (Å²) in [6.45, 7) is 7.92. The van der Waals surface area contributed by atoms with Gasteiger partial charge in [-0.3, -0.25) is 9.59 Å². The average Bonchev–Trinajstić information content (AvgIpc) is 2.19. The van der Waals surface area contributed by atoms with E-state index in [9.17, 15) is 9.59 Å². The van der Waals surface area contributed by atoms with Crippen LogP contribution in [0.2, 0.25) is 0 Å². The minimum absolute atomic E-state index is 0.0121. The van der Waals surface area contributed by atoms with Gasteiger partial charge < -0.3 is 15.7 Å². The third-order valence-corrected chi connectivity index (χ3v) is 2.14. The molecule has 0 radical (unpaired) electrons. The molecule has 0 aromatic rings. The van der Waals surface area contributed by atoms with Gasteiger partial charge in [0.15, 0.2) is 0 Å². The van der Waals surface area contributed by atoms with Crippen LogP contribution in [-0.4, -0.2) is 36.1 Å². The van der Waals surface area contributed by atoms with E-state index < -0.39 is 11.5 Å². The van der Waals surface area contributed by atoms with E-state index in [0.717, 1.165) is 0 Å². The van der Waals surface area contributed by atoms with Gasteiger partial charge in [-0.2, -0.15) is 0 Å². The fourth-order valence-electron chi connectivity index (χ4n) is 1.07. The number of carbonyl (C=O) groups excluding carboxylic acids is 2. The monoisotopic (exact) mass is 244 g/mol. The van der Waals surface area contributed by atoms with Crippen LogP contribution in [0.3, 0.4) is 0 Å². The van der Waals surface area contributed by atoms with E-state index in [1.54, 1.807) is 6.92 Å². The fraction of sp³-hybridized carbons (Fsp3) is 0.833. The van der Waals surface area contributed by atoms with Crippen molar-refractivity contribution >= 4 is 11.8 Å². The lowest BCUT2D eigenvalue weighted by atomic mass is 9.96. The molecule has 0 aromatic carbocycles. The van der Waals surface area contributed by atoms with Gasteiger partial charge in [-0.15, -0.1) is 0 Å². The number of aliphatic hydroxyl groups is 1. The highest BCUT2D eigenvalue weighted by Crippen LogP contribution is 2.12. The molecule has 0 fully saturated rings. The molecule has 0 aliphatic heterocycles. The fourth-order valence-corrected chi connectivity index (χ4v) is 1.07. The molecule has 0 spiro atoms. The molecule has 17 heavy (non-hydrogen) atoms. The van der Waals surface area contributed by atoms with Crippen molar-refractivity contribution in [3.05, 3.63) is 0 Å². The van der Waals surface area contributed by atoms with E-state index >= 15 is 0 Å². The number of carbonyl (C=O) groups is 2. The molecule has 1 atom stereocenters. The second kappa shape index (κ2) is 7.27. The Labute approximate surface area is 103 Å². The average molecular weight is 244 g/mol. The van der Waals surface area contributed by atoms with Crippen LogP contribution < -0.4 is 10.6 Å². The summed E-state index contributed by atoms with van der Waals surface area (Å²) in [6.07, 6.45) is 0.435. The van der Waals surface area contributed by atoms with Crippen molar-refractivity contribution in [2.24, 2.45) is 5.41 Å². The number of hydrogen-bond donors (Lipinski definition) is 3. The first kappa shape index (κ1) is 15.9. The van der Waals surface area contributed by atoms with Crippen molar-refractivity contribution in [2.45, 2.75) is 46.6 Å². The minimum atomic E-state index is -0.528. The standard InChI is InChI=1S/C12H24N2O3/c1-9(15)8-14-10(16)6-5-7-13-11(17)12(2,3)4/h9,15H,5-8H2,1-4H3,(H,13,17)(H,14,16)/t9-/m0/s1. The van der Waals surface area contributed by atoms with E-state index in [2.05, 4.69) is 10.6 Å². The van der Waals surface area contributed by atoms with Gasteiger partial charge in [0.25, 0.3) is 0 Å². The van der Waals surface area contributed by atoms with E-state index in [1.165, 1.54) is 0 Å². The van der Waals surface area contributed by atoms with Crippen LogP contribution in [0.1, 0.15) is 40.5 Å². The lowest BCUT2D eigenvalue weighted by Crippen LogP contribution is -2.36. The van der Waals surface area contributed by atoms with Gasteiger partial charge in [0, 0.05) is 24.9 Å². The molecule has 0 saturated carbocycles. The summed E-state index contributed by atoms with van der Waals surface area (Å²) < 4.78 is 0. The van der Waals surface area contributed by atoms with E-state index in [-0.39, 0.29) is 18.4 Å². The molecule has 0 rings (SSSR count). The molecule has 0 saturated heterocycles. The zero-order chi connectivity index (χ0) is 13.5. The van der Waals surface area contributed by atoms with Crippen molar-refractivity contribution in [1.82, 2.24) is 10.6 Å². The lowest BCUT2D eigenvalue weighted by Gasteiger charge is -2.17. The second-order valence-electron chi connectivity index (χ2n) is 5.26. The summed E-state index contributed by atoms with van der Waals surface area (Å²) in [7, 11) is 0. The van der Waals surface area contributed by atoms with Gasteiger partial charge in [-0.25, -0.2) is 0 Å². The van der Waals surface area contributed by atoms with Crippen molar-refractivity contribution in [1.29, 1.82) is 0 Å². The van der Waals surface area contributed by atoms with Gasteiger partial charge in [-0.1, -0.05) is 20.8 Å². The molecule has 2 amide bonds. The first-order chi connectivity index (χ1) is 7.73. The smallest absolute Gasteiger partial charge is 0.225 e. The Hall–Kier alpha value is -1.10. The van der Waals surface area contributed by atoms with Crippen LogP contribution in [0.4, 0.5) is 0 Å². The summed E-state index contributed by atoms with van der Waals surface area (Å²) in [5, 5.41) is 14.3. The number of rotatable bonds is 6. The maximum Gasteiger partial charge on any atom is 0.225 e. The molecular weight excluding hydrogens is 220 g/mol. The normalized spacial score (nSPS) is 13.0. The van der Waals surface area contributed by atoms with E-state index in [1.807, 2.05) is 20.8 Å². The maximum atomic E-state index is 11.5. The lowest BCUT2D eigenvalue weighted by molar-refractivity contribution is -0.128. The van der Waals surface area contributed by atoms with Crippen molar-refractivity contribution in [2.75, 3.05) is 13.1 Å². The Morgan fingerprint density at radius 2 is 1.82 bits per heavy atom. The summed E-state index contributed by atoms with van der Waals surface area (Å²) >= 11 is 0. The maximum absolute atomic E-state index is 11.5. The topological polar surface area (TPSA) is 78.4 Å². The van der Waals surface area contributed by atoms with E-state index in [0.29, 0.717) is 19.4 Å². The first-order valence-electron chi connectivity index (χ1n) is 5.96. The van der Waals surface area contributed by atoms with Gasteiger partial charge in [-0.05, 0) is 13.3 Å². The molecule has 0 heterocycles. The first-order valence-corrected chi connectivity index (χ1v) is 5.96. The van der Waals surface area contributed by atoms with Crippen molar-refractivity contribution < 1.29 is 14.7 Å². The molecule has 0 aliphatic rings. The Morgan fingerprint density at radius 1 is 1.24 bits per heavy atom. The van der Waals surface area contributed by atoms with Crippen molar-refractivity contribution in [3.8, 4) is 0 Å². The zero-order valence-corrected chi connectivity index (χ0v) is 11.2. The SMILES string of the molecule is C[C@H](O)CNC(=O)CCCNC(=O)C(C)(C)C. The van der Waals surface area contributed by atoms with Gasteiger partial charge in [0.1, 0.15) is 0 Å². The van der Waals surface area contributed by atoms with Crippen LogP contribution >= 0.6 is 0 Å². The Morgan fingerprint density at radius 3 is 2.29 bits per heavy atom. The Balaban J connectivity index is 3.58. The Kier molecular flexibility index (Phi) is 6.80. The highest BCUT2D eigenvalue weighted by molar-refractivity contribution is 5.81. The quantitative estimate of drug-likeness (QED) is 0.593. The highest BCUT2D eigenvalue weighted by Gasteiger charge is 2.20. The molecular formula is C12H24N2O3. The van der Waals surface area contributed by atoms with Gasteiger partial charge in [0.2, 0.25) is 11.8 Å². The number of nitrogens with one attached hydrogen (secondary N) is 2. The second-order valence-corrected chi connectivity index (χ2v) is 5.26.